The van der Waals surface area contributed by atoms with Gasteiger partial charge in [-0.25, -0.2) is 10.3 Å². The zero-order chi connectivity index (χ0) is 24.0. The first kappa shape index (κ1) is 23.0. The highest BCUT2D eigenvalue weighted by Crippen LogP contribution is 2.25. The van der Waals surface area contributed by atoms with Gasteiger partial charge < -0.3 is 4.84 Å². The maximum atomic E-state index is 12.2. The number of benzene rings is 3. The average molecular weight is 470 g/mol. The number of nitro benzene ring substituents is 2. The lowest BCUT2D eigenvalue weighted by Crippen LogP contribution is -2.12. The first-order valence-electron chi connectivity index (χ1n) is 8.96. The maximum Gasteiger partial charge on any atom is 0.369 e. The number of carbonyl (C=O) groups excluding carboxylic acids is 2. The lowest BCUT2D eigenvalue weighted by atomic mass is 10.1. The molecular weight excluding hydrogens is 458 g/mol. The molecule has 0 aliphatic heterocycles. The number of hydrogen-bond acceptors (Lipinski definition) is 9. The number of carbonyl (C=O) groups is 2. The van der Waals surface area contributed by atoms with Crippen molar-refractivity contribution < 1.29 is 24.3 Å². The number of nitrogens with one attached hydrogen (secondary N) is 1. The summed E-state index contributed by atoms with van der Waals surface area (Å²) in [5.41, 5.74) is 1.42. The van der Waals surface area contributed by atoms with Crippen molar-refractivity contribution in [3.8, 4) is 0 Å². The Labute approximate surface area is 189 Å². The van der Waals surface area contributed by atoms with Crippen molar-refractivity contribution in [2.75, 3.05) is 5.48 Å². The molecule has 0 saturated carbocycles. The van der Waals surface area contributed by atoms with E-state index < -0.39 is 38.7 Å². The Kier molecular flexibility index (Phi) is 7.00. The minimum Gasteiger partial charge on any atom is -0.338 e. The van der Waals surface area contributed by atoms with Crippen LogP contribution in [0.2, 0.25) is 5.02 Å². The molecule has 0 saturated heterocycles. The van der Waals surface area contributed by atoms with Crippen LogP contribution in [0, 0.1) is 20.2 Å². The van der Waals surface area contributed by atoms with Crippen molar-refractivity contribution in [3.05, 3.63) is 103 Å². The Bertz CT molecular complexity index is 1280. The summed E-state index contributed by atoms with van der Waals surface area (Å²) in [5.74, 6) is -1.70. The molecule has 0 radical (unpaired) electrons. The predicted octanol–water partition coefficient (Wildman–Crippen LogP) is 5.26. The van der Waals surface area contributed by atoms with E-state index in [1.807, 2.05) is 0 Å². The number of non-ortho nitro benzene ring substituents is 1. The Balaban J connectivity index is 1.64. The molecule has 1 N–H and O–H groups in total. The molecule has 0 bridgehead atoms. The fourth-order valence-electron chi connectivity index (χ4n) is 2.50. The molecule has 166 valence electrons. The van der Waals surface area contributed by atoms with Crippen LogP contribution in [0.1, 0.15) is 20.7 Å². The van der Waals surface area contributed by atoms with Gasteiger partial charge in [-0.15, -0.1) is 10.2 Å². The number of rotatable bonds is 7. The molecule has 0 aromatic heterocycles. The van der Waals surface area contributed by atoms with E-state index in [-0.39, 0.29) is 11.3 Å². The average Bonchev–Trinajstić information content (AvgIpc) is 2.81. The van der Waals surface area contributed by atoms with Crippen molar-refractivity contribution in [1.29, 1.82) is 0 Å². The molecule has 0 spiro atoms. The Hall–Kier alpha value is -4.71. The van der Waals surface area contributed by atoms with Crippen LogP contribution in [0.4, 0.5) is 22.7 Å². The molecule has 0 heterocycles. The van der Waals surface area contributed by atoms with Gasteiger partial charge in [0.25, 0.3) is 17.3 Å². The van der Waals surface area contributed by atoms with E-state index in [0.29, 0.717) is 16.8 Å². The van der Waals surface area contributed by atoms with Crippen molar-refractivity contribution in [2.45, 2.75) is 0 Å². The summed E-state index contributed by atoms with van der Waals surface area (Å²) in [6.45, 7) is 0. The van der Waals surface area contributed by atoms with Gasteiger partial charge in [-0.05, 0) is 48.5 Å². The summed E-state index contributed by atoms with van der Waals surface area (Å²) in [4.78, 5) is 49.2. The quantitative estimate of drug-likeness (QED) is 0.277. The molecule has 12 nitrogen and oxygen atoms in total. The van der Waals surface area contributed by atoms with Crippen molar-refractivity contribution in [2.24, 2.45) is 10.2 Å². The van der Waals surface area contributed by atoms with Crippen LogP contribution in [0.25, 0.3) is 0 Å². The van der Waals surface area contributed by atoms with E-state index in [0.717, 1.165) is 12.1 Å². The van der Waals surface area contributed by atoms with Gasteiger partial charge in [-0.3, -0.25) is 25.0 Å². The lowest BCUT2D eigenvalue weighted by Gasteiger charge is -2.07. The normalized spacial score (nSPS) is 10.6. The van der Waals surface area contributed by atoms with Crippen LogP contribution in [-0.4, -0.2) is 21.7 Å². The van der Waals surface area contributed by atoms with Crippen LogP contribution in [-0.2, 0) is 4.84 Å². The largest absolute Gasteiger partial charge is 0.369 e. The summed E-state index contributed by atoms with van der Waals surface area (Å²) >= 11 is 5.83. The molecular formula is C20H12ClN5O7. The number of anilines is 1. The summed E-state index contributed by atoms with van der Waals surface area (Å²) in [6, 6.07) is 14.6. The fraction of sp³-hybridized carbons (Fsp3) is 0. The molecule has 3 aromatic carbocycles. The Morgan fingerprint density at radius 3 is 2.30 bits per heavy atom. The zero-order valence-electron chi connectivity index (χ0n) is 16.4. The minimum absolute atomic E-state index is 0.275. The third kappa shape index (κ3) is 5.92. The number of amides is 1. The number of nitro groups is 2. The summed E-state index contributed by atoms with van der Waals surface area (Å²) < 4.78 is 0. The smallest absolute Gasteiger partial charge is 0.338 e. The van der Waals surface area contributed by atoms with E-state index in [1.54, 1.807) is 18.2 Å². The zero-order valence-corrected chi connectivity index (χ0v) is 17.1. The summed E-state index contributed by atoms with van der Waals surface area (Å²) in [7, 11) is 0. The highest BCUT2D eigenvalue weighted by atomic mass is 35.5. The SMILES string of the molecule is O=C(N=Nc1ccc(NOC(=O)c2ccc([N+](=O)[O-])cc2[N+](=O)[O-])cc1)c1cccc(Cl)c1. The van der Waals surface area contributed by atoms with Gasteiger partial charge in [-0.2, -0.15) is 0 Å². The van der Waals surface area contributed by atoms with E-state index >= 15 is 0 Å². The first-order valence-corrected chi connectivity index (χ1v) is 9.34. The van der Waals surface area contributed by atoms with Gasteiger partial charge in [-0.1, -0.05) is 17.7 Å². The van der Waals surface area contributed by atoms with Crippen LogP contribution in [0.15, 0.2) is 77.0 Å². The van der Waals surface area contributed by atoms with Gasteiger partial charge >= 0.3 is 5.97 Å². The van der Waals surface area contributed by atoms with Crippen molar-refractivity contribution in [1.82, 2.24) is 0 Å². The number of azo groups is 1. The van der Waals surface area contributed by atoms with Gasteiger partial charge in [0.2, 0.25) is 0 Å². The molecule has 33 heavy (non-hydrogen) atoms. The van der Waals surface area contributed by atoms with E-state index in [1.165, 1.54) is 30.3 Å². The monoisotopic (exact) mass is 469 g/mol. The van der Waals surface area contributed by atoms with Crippen molar-refractivity contribution >= 4 is 46.2 Å². The molecule has 0 unspecified atom stereocenters. The van der Waals surface area contributed by atoms with E-state index in [4.69, 9.17) is 16.4 Å². The van der Waals surface area contributed by atoms with E-state index in [2.05, 4.69) is 15.7 Å². The number of halogens is 1. The second-order valence-electron chi connectivity index (χ2n) is 6.27. The van der Waals surface area contributed by atoms with Crippen LogP contribution in [0.5, 0.6) is 0 Å². The first-order chi connectivity index (χ1) is 15.7. The predicted molar refractivity (Wildman–Crippen MR) is 116 cm³/mol. The third-order valence-corrected chi connectivity index (χ3v) is 4.30. The molecule has 0 aliphatic rings. The van der Waals surface area contributed by atoms with Crippen LogP contribution in [0.3, 0.4) is 0 Å². The topological polar surface area (TPSA) is 166 Å². The molecule has 0 aliphatic carbocycles. The van der Waals surface area contributed by atoms with Crippen LogP contribution >= 0.6 is 11.6 Å². The third-order valence-electron chi connectivity index (χ3n) is 4.07. The highest BCUT2D eigenvalue weighted by molar-refractivity contribution is 6.30. The number of nitrogens with zero attached hydrogens (tertiary/aromatic N) is 4. The van der Waals surface area contributed by atoms with Gasteiger partial charge in [0.05, 0.1) is 27.3 Å². The molecule has 0 atom stereocenters. The van der Waals surface area contributed by atoms with Gasteiger partial charge in [0.15, 0.2) is 0 Å². The minimum atomic E-state index is -1.12. The standard InChI is InChI=1S/C20H12ClN5O7/c21-13-3-1-2-12(10-13)19(27)23-22-14-4-6-15(7-5-14)24-33-20(28)17-9-8-16(25(29)30)11-18(17)26(31)32/h1-11,24H. The van der Waals surface area contributed by atoms with Crippen molar-refractivity contribution in [3.63, 3.8) is 0 Å². The Morgan fingerprint density at radius 1 is 0.939 bits per heavy atom. The Morgan fingerprint density at radius 2 is 1.67 bits per heavy atom. The molecule has 3 aromatic rings. The molecule has 0 fully saturated rings. The highest BCUT2D eigenvalue weighted by Gasteiger charge is 2.25. The lowest BCUT2D eigenvalue weighted by molar-refractivity contribution is -0.394. The number of hydrogen-bond donors (Lipinski definition) is 1. The summed E-state index contributed by atoms with van der Waals surface area (Å²) in [5, 5.41) is 29.7. The molecule has 1 amide bonds. The molecule has 13 heteroatoms. The molecule has 3 rings (SSSR count). The second kappa shape index (κ2) is 10.1. The van der Waals surface area contributed by atoms with Crippen LogP contribution < -0.4 is 5.48 Å². The maximum absolute atomic E-state index is 12.2. The van der Waals surface area contributed by atoms with Gasteiger partial charge in [0.1, 0.15) is 5.56 Å². The van der Waals surface area contributed by atoms with Gasteiger partial charge in [0, 0.05) is 16.7 Å². The van der Waals surface area contributed by atoms with E-state index in [9.17, 15) is 29.8 Å². The summed E-state index contributed by atoms with van der Waals surface area (Å²) in [6.07, 6.45) is 0. The second-order valence-corrected chi connectivity index (χ2v) is 6.71. The fourth-order valence-corrected chi connectivity index (χ4v) is 2.69.